The van der Waals surface area contributed by atoms with Crippen LogP contribution in [0.15, 0.2) is 28.7 Å². The highest BCUT2D eigenvalue weighted by atomic mass is 16.5. The minimum absolute atomic E-state index is 0.0396. The number of hydrogen-bond acceptors (Lipinski definition) is 8. The molecule has 9 nitrogen and oxygen atoms in total. The third kappa shape index (κ3) is 3.22. The van der Waals surface area contributed by atoms with Gasteiger partial charge in [0, 0.05) is 5.56 Å². The highest BCUT2D eigenvalue weighted by Gasteiger charge is 2.47. The SMILES string of the molecule is COc1cc(-c2nnc(CN3C(=O)[C@H]4CC=CC[C@@H]4C3=O)o2)cc(OC)c1OC. The molecular formula is C20H21N3O6. The molecule has 152 valence electrons. The van der Waals surface area contributed by atoms with Gasteiger partial charge in [-0.05, 0) is 25.0 Å². The number of nitrogens with zero attached hydrogens (tertiary/aromatic N) is 3. The molecule has 2 atom stereocenters. The maximum absolute atomic E-state index is 12.6. The van der Waals surface area contributed by atoms with E-state index in [2.05, 4.69) is 10.2 Å². The Balaban J connectivity index is 1.58. The van der Waals surface area contributed by atoms with Crippen molar-refractivity contribution in [1.29, 1.82) is 0 Å². The lowest BCUT2D eigenvalue weighted by molar-refractivity contribution is -0.141. The quantitative estimate of drug-likeness (QED) is 0.538. The molecule has 29 heavy (non-hydrogen) atoms. The van der Waals surface area contributed by atoms with Crippen molar-refractivity contribution in [2.24, 2.45) is 11.8 Å². The molecule has 0 radical (unpaired) electrons. The Morgan fingerprint density at radius 2 is 1.55 bits per heavy atom. The molecule has 0 bridgehead atoms. The van der Waals surface area contributed by atoms with E-state index >= 15 is 0 Å². The highest BCUT2D eigenvalue weighted by Crippen LogP contribution is 2.41. The van der Waals surface area contributed by atoms with Gasteiger partial charge < -0.3 is 18.6 Å². The number of rotatable bonds is 6. The first-order valence-corrected chi connectivity index (χ1v) is 9.20. The van der Waals surface area contributed by atoms with Crippen LogP contribution in [-0.4, -0.2) is 48.2 Å². The van der Waals surface area contributed by atoms with Gasteiger partial charge in [0.05, 0.1) is 33.2 Å². The number of amides is 2. The van der Waals surface area contributed by atoms with E-state index in [0.717, 1.165) is 0 Å². The number of methoxy groups -OCH3 is 3. The van der Waals surface area contributed by atoms with E-state index in [1.165, 1.54) is 26.2 Å². The van der Waals surface area contributed by atoms with E-state index in [9.17, 15) is 9.59 Å². The fourth-order valence-electron chi connectivity index (χ4n) is 3.80. The minimum atomic E-state index is -0.287. The topological polar surface area (TPSA) is 104 Å². The molecule has 2 heterocycles. The lowest BCUT2D eigenvalue weighted by Crippen LogP contribution is -2.30. The summed E-state index contributed by atoms with van der Waals surface area (Å²) < 4.78 is 21.7. The third-order valence-corrected chi connectivity index (χ3v) is 5.27. The third-order valence-electron chi connectivity index (χ3n) is 5.27. The summed E-state index contributed by atoms with van der Waals surface area (Å²) in [7, 11) is 4.54. The number of benzene rings is 1. The van der Waals surface area contributed by atoms with Crippen LogP contribution in [0.1, 0.15) is 18.7 Å². The largest absolute Gasteiger partial charge is 0.493 e. The molecular weight excluding hydrogens is 378 g/mol. The van der Waals surface area contributed by atoms with Crippen molar-refractivity contribution in [2.45, 2.75) is 19.4 Å². The number of allylic oxidation sites excluding steroid dienone is 2. The predicted molar refractivity (Wildman–Crippen MR) is 100 cm³/mol. The smallest absolute Gasteiger partial charge is 0.248 e. The van der Waals surface area contributed by atoms with Crippen molar-refractivity contribution in [1.82, 2.24) is 15.1 Å². The molecule has 0 N–H and O–H groups in total. The number of imide groups is 1. The number of hydrogen-bond donors (Lipinski definition) is 0. The van der Waals surface area contributed by atoms with E-state index in [-0.39, 0.29) is 42.0 Å². The normalized spacial score (nSPS) is 20.7. The molecule has 1 aliphatic carbocycles. The van der Waals surface area contributed by atoms with Gasteiger partial charge in [-0.2, -0.15) is 0 Å². The van der Waals surface area contributed by atoms with Crippen LogP contribution in [0.4, 0.5) is 0 Å². The molecule has 1 aliphatic heterocycles. The Morgan fingerprint density at radius 3 is 2.07 bits per heavy atom. The maximum Gasteiger partial charge on any atom is 0.248 e. The maximum atomic E-state index is 12.6. The van der Waals surface area contributed by atoms with E-state index in [1.807, 2.05) is 12.2 Å². The molecule has 0 unspecified atom stereocenters. The molecule has 2 aromatic rings. The summed E-state index contributed by atoms with van der Waals surface area (Å²) in [6.45, 7) is -0.0396. The van der Waals surface area contributed by atoms with E-state index in [0.29, 0.717) is 35.7 Å². The summed E-state index contributed by atoms with van der Waals surface area (Å²) >= 11 is 0. The lowest BCUT2D eigenvalue weighted by Gasteiger charge is -2.14. The minimum Gasteiger partial charge on any atom is -0.493 e. The molecule has 4 rings (SSSR count). The summed E-state index contributed by atoms with van der Waals surface area (Å²) in [4.78, 5) is 26.4. The Kier molecular flexibility index (Phi) is 4.96. The second-order valence-electron chi connectivity index (χ2n) is 6.83. The molecule has 0 spiro atoms. The predicted octanol–water partition coefficient (Wildman–Crippen LogP) is 2.21. The van der Waals surface area contributed by atoms with Crippen molar-refractivity contribution in [3.63, 3.8) is 0 Å². The Morgan fingerprint density at radius 1 is 0.966 bits per heavy atom. The van der Waals surface area contributed by atoms with Crippen molar-refractivity contribution < 1.29 is 28.2 Å². The summed E-state index contributed by atoms with van der Waals surface area (Å²) in [6, 6.07) is 3.37. The van der Waals surface area contributed by atoms with Gasteiger partial charge >= 0.3 is 0 Å². The van der Waals surface area contributed by atoms with E-state index in [4.69, 9.17) is 18.6 Å². The first-order chi connectivity index (χ1) is 14.1. The van der Waals surface area contributed by atoms with Crippen molar-refractivity contribution in [3.8, 4) is 28.7 Å². The highest BCUT2D eigenvalue weighted by molar-refractivity contribution is 6.05. The van der Waals surface area contributed by atoms with Gasteiger partial charge in [0.25, 0.3) is 0 Å². The molecule has 2 amide bonds. The molecule has 1 aromatic carbocycles. The first-order valence-electron chi connectivity index (χ1n) is 9.20. The number of carbonyl (C=O) groups is 2. The Bertz CT molecular complexity index is 931. The summed E-state index contributed by atoms with van der Waals surface area (Å²) in [6.07, 6.45) is 5.08. The van der Waals surface area contributed by atoms with Crippen LogP contribution < -0.4 is 14.2 Å². The number of fused-ring (bicyclic) bond motifs is 1. The molecule has 1 saturated heterocycles. The Hall–Kier alpha value is -3.36. The molecule has 0 saturated carbocycles. The van der Waals surface area contributed by atoms with Gasteiger partial charge in [-0.3, -0.25) is 14.5 Å². The van der Waals surface area contributed by atoms with Crippen molar-refractivity contribution in [3.05, 3.63) is 30.2 Å². The van der Waals surface area contributed by atoms with Crippen LogP contribution in [0.2, 0.25) is 0 Å². The van der Waals surface area contributed by atoms with E-state index < -0.39 is 0 Å². The van der Waals surface area contributed by atoms with Gasteiger partial charge in [0.15, 0.2) is 11.5 Å². The van der Waals surface area contributed by atoms with Crippen molar-refractivity contribution in [2.75, 3.05) is 21.3 Å². The fourth-order valence-corrected chi connectivity index (χ4v) is 3.80. The van der Waals surface area contributed by atoms with Gasteiger partial charge in [-0.15, -0.1) is 10.2 Å². The average molecular weight is 399 g/mol. The second kappa shape index (κ2) is 7.57. The standard InChI is InChI=1S/C20H21N3O6/c1-26-14-8-11(9-15(27-2)17(14)28-3)18-22-21-16(29-18)10-23-19(24)12-6-4-5-7-13(12)20(23)25/h4-5,8-9,12-13H,6-7,10H2,1-3H3/t12-,13-/m0/s1. The zero-order valence-electron chi connectivity index (χ0n) is 16.4. The first kappa shape index (κ1) is 19.0. The van der Waals surface area contributed by atoms with Crippen LogP contribution in [0.5, 0.6) is 17.2 Å². The van der Waals surface area contributed by atoms with Crippen LogP contribution >= 0.6 is 0 Å². The second-order valence-corrected chi connectivity index (χ2v) is 6.83. The number of ether oxygens (including phenoxy) is 3. The average Bonchev–Trinajstić information content (AvgIpc) is 3.32. The van der Waals surface area contributed by atoms with Crippen molar-refractivity contribution >= 4 is 11.8 Å². The van der Waals surface area contributed by atoms with Crippen LogP contribution in [0, 0.1) is 11.8 Å². The number of carbonyl (C=O) groups excluding carboxylic acids is 2. The number of aromatic nitrogens is 2. The van der Waals surface area contributed by atoms with Gasteiger partial charge in [-0.25, -0.2) is 0 Å². The van der Waals surface area contributed by atoms with Crippen LogP contribution in [-0.2, 0) is 16.1 Å². The molecule has 2 aliphatic rings. The van der Waals surface area contributed by atoms with Gasteiger partial charge in [0.1, 0.15) is 6.54 Å². The van der Waals surface area contributed by atoms with Gasteiger partial charge in [-0.1, -0.05) is 12.2 Å². The molecule has 1 fully saturated rings. The lowest BCUT2D eigenvalue weighted by atomic mass is 9.85. The molecule has 1 aromatic heterocycles. The van der Waals surface area contributed by atoms with Crippen LogP contribution in [0.3, 0.4) is 0 Å². The number of likely N-dealkylation sites (tertiary alicyclic amines) is 1. The zero-order chi connectivity index (χ0) is 20.5. The monoisotopic (exact) mass is 399 g/mol. The fraction of sp³-hybridized carbons (Fsp3) is 0.400. The van der Waals surface area contributed by atoms with Gasteiger partial charge in [0.2, 0.25) is 29.3 Å². The summed E-state index contributed by atoms with van der Waals surface area (Å²) in [5.74, 6) is 0.803. The summed E-state index contributed by atoms with van der Waals surface area (Å²) in [5, 5.41) is 8.05. The molecule has 9 heteroatoms. The van der Waals surface area contributed by atoms with E-state index in [1.54, 1.807) is 12.1 Å². The van der Waals surface area contributed by atoms with Crippen LogP contribution in [0.25, 0.3) is 11.5 Å². The zero-order valence-corrected chi connectivity index (χ0v) is 16.4. The summed E-state index contributed by atoms with van der Waals surface area (Å²) in [5.41, 5.74) is 0.565. The Labute approximate surface area is 167 Å².